The smallest absolute Gasteiger partial charge is 0.263 e. The van der Waals surface area contributed by atoms with Crippen LogP contribution in [-0.4, -0.2) is 44.9 Å². The predicted molar refractivity (Wildman–Crippen MR) is 138 cm³/mol. The number of amides is 1. The van der Waals surface area contributed by atoms with Gasteiger partial charge in [0.25, 0.3) is 5.56 Å². The zero-order valence-corrected chi connectivity index (χ0v) is 21.6. The van der Waals surface area contributed by atoms with Crippen molar-refractivity contribution < 1.29 is 9.53 Å². The van der Waals surface area contributed by atoms with Crippen molar-refractivity contribution in [2.45, 2.75) is 76.1 Å². The molecular formula is C26H31N3O3S2. The van der Waals surface area contributed by atoms with E-state index in [0.29, 0.717) is 18.2 Å². The van der Waals surface area contributed by atoms with E-state index in [1.165, 1.54) is 22.9 Å². The van der Waals surface area contributed by atoms with E-state index in [4.69, 9.17) is 9.72 Å². The third-order valence-electron chi connectivity index (χ3n) is 6.91. The first-order valence-electron chi connectivity index (χ1n) is 12.1. The molecule has 8 heteroatoms. The lowest BCUT2D eigenvalue weighted by molar-refractivity contribution is -0.131. The van der Waals surface area contributed by atoms with Crippen LogP contribution in [0.4, 0.5) is 0 Å². The van der Waals surface area contributed by atoms with Crippen molar-refractivity contribution in [2.75, 3.05) is 13.2 Å². The van der Waals surface area contributed by atoms with E-state index in [1.807, 2.05) is 17.9 Å². The van der Waals surface area contributed by atoms with Gasteiger partial charge in [0.15, 0.2) is 5.16 Å². The fourth-order valence-electron chi connectivity index (χ4n) is 5.05. The Labute approximate surface area is 208 Å². The fraction of sp³-hybridized carbons (Fsp3) is 0.500. The number of ether oxygens (including phenoxy) is 1. The van der Waals surface area contributed by atoms with Crippen molar-refractivity contribution in [3.8, 4) is 0 Å². The molecule has 3 aromatic rings. The molecule has 0 spiro atoms. The normalized spacial score (nSPS) is 18.9. The zero-order valence-electron chi connectivity index (χ0n) is 20.0. The summed E-state index contributed by atoms with van der Waals surface area (Å²) in [6, 6.07) is 8.33. The molecule has 0 N–H and O–H groups in total. The third kappa shape index (κ3) is 4.43. The molecule has 34 heavy (non-hydrogen) atoms. The zero-order chi connectivity index (χ0) is 23.8. The van der Waals surface area contributed by atoms with Crippen molar-refractivity contribution in [1.29, 1.82) is 0 Å². The highest BCUT2D eigenvalue weighted by atomic mass is 32.2. The van der Waals surface area contributed by atoms with Crippen LogP contribution in [0.1, 0.15) is 48.3 Å². The molecule has 4 heterocycles. The maximum absolute atomic E-state index is 13.7. The number of thiophene rings is 1. The molecule has 2 unspecified atom stereocenters. The van der Waals surface area contributed by atoms with Crippen LogP contribution in [0.15, 0.2) is 34.2 Å². The van der Waals surface area contributed by atoms with Gasteiger partial charge in [-0.2, -0.15) is 0 Å². The fourth-order valence-corrected chi connectivity index (χ4v) is 7.21. The Morgan fingerprint density at radius 3 is 2.85 bits per heavy atom. The second-order valence-electron chi connectivity index (χ2n) is 9.15. The van der Waals surface area contributed by atoms with Crippen LogP contribution in [0.5, 0.6) is 0 Å². The number of rotatable bonds is 6. The number of thioether (sulfide) groups is 1. The van der Waals surface area contributed by atoms with Gasteiger partial charge in [0.2, 0.25) is 5.91 Å². The number of carbonyl (C=O) groups is 1. The van der Waals surface area contributed by atoms with Gasteiger partial charge in [-0.15, -0.1) is 11.3 Å². The summed E-state index contributed by atoms with van der Waals surface area (Å²) in [5.41, 5.74) is 3.63. The predicted octanol–water partition coefficient (Wildman–Crippen LogP) is 4.57. The first-order valence-corrected chi connectivity index (χ1v) is 13.8. The van der Waals surface area contributed by atoms with Crippen LogP contribution in [0.3, 0.4) is 0 Å². The topological polar surface area (TPSA) is 64.4 Å². The number of benzene rings is 1. The van der Waals surface area contributed by atoms with E-state index in [0.717, 1.165) is 59.5 Å². The van der Waals surface area contributed by atoms with Crippen LogP contribution in [0, 0.1) is 6.92 Å². The highest BCUT2D eigenvalue weighted by molar-refractivity contribution is 8.00. The van der Waals surface area contributed by atoms with Gasteiger partial charge in [0.05, 0.1) is 23.3 Å². The molecule has 6 nitrogen and oxygen atoms in total. The Morgan fingerprint density at radius 2 is 2.12 bits per heavy atom. The summed E-state index contributed by atoms with van der Waals surface area (Å²) in [5, 5.41) is 1.02. The quantitative estimate of drug-likeness (QED) is 0.369. The molecule has 2 aliphatic rings. The first-order chi connectivity index (χ1) is 16.5. The minimum Gasteiger partial charge on any atom is -0.376 e. The average molecular weight is 498 g/mol. The lowest BCUT2D eigenvalue weighted by Gasteiger charge is -2.30. The van der Waals surface area contributed by atoms with Gasteiger partial charge in [-0.05, 0) is 56.2 Å². The van der Waals surface area contributed by atoms with E-state index in [1.54, 1.807) is 15.9 Å². The molecule has 0 aliphatic carbocycles. The molecule has 0 radical (unpaired) electrons. The number of aryl methyl sites for hydroxylation is 2. The summed E-state index contributed by atoms with van der Waals surface area (Å²) in [5.74, 6) is 0.0918. The minimum absolute atomic E-state index is 0.00394. The molecule has 0 saturated carbocycles. The third-order valence-corrected chi connectivity index (χ3v) is 9.03. The Hall–Kier alpha value is -2.16. The second-order valence-corrected chi connectivity index (χ2v) is 11.7. The maximum atomic E-state index is 13.7. The molecule has 5 rings (SSSR count). The Morgan fingerprint density at radius 1 is 1.32 bits per heavy atom. The summed E-state index contributed by atoms with van der Waals surface area (Å²) in [4.78, 5) is 35.9. The Balaban J connectivity index is 1.45. The molecule has 0 bridgehead atoms. The van der Waals surface area contributed by atoms with Gasteiger partial charge < -0.3 is 9.64 Å². The largest absolute Gasteiger partial charge is 0.376 e. The van der Waals surface area contributed by atoms with Crippen molar-refractivity contribution in [2.24, 2.45) is 0 Å². The first kappa shape index (κ1) is 23.6. The summed E-state index contributed by atoms with van der Waals surface area (Å²) in [6.45, 7) is 8.65. The lowest BCUT2D eigenvalue weighted by atomic mass is 10.00. The van der Waals surface area contributed by atoms with Crippen LogP contribution in [0.2, 0.25) is 0 Å². The van der Waals surface area contributed by atoms with Gasteiger partial charge in [-0.3, -0.25) is 14.2 Å². The van der Waals surface area contributed by atoms with Gasteiger partial charge in [0.1, 0.15) is 4.83 Å². The van der Waals surface area contributed by atoms with Crippen LogP contribution in [0.25, 0.3) is 10.2 Å². The number of hydrogen-bond donors (Lipinski definition) is 0. The number of carbonyl (C=O) groups excluding carboxylic acids is 1. The molecule has 2 aromatic heterocycles. The van der Waals surface area contributed by atoms with E-state index < -0.39 is 0 Å². The number of hydrogen-bond acceptors (Lipinski definition) is 6. The van der Waals surface area contributed by atoms with E-state index in [2.05, 4.69) is 32.0 Å². The second kappa shape index (κ2) is 9.84. The lowest BCUT2D eigenvalue weighted by Crippen LogP contribution is -2.40. The molecule has 2 aliphatic heterocycles. The Bertz CT molecular complexity index is 1280. The molecule has 180 valence electrons. The summed E-state index contributed by atoms with van der Waals surface area (Å²) in [7, 11) is 0. The van der Waals surface area contributed by atoms with Crippen molar-refractivity contribution in [3.63, 3.8) is 0 Å². The average Bonchev–Trinajstić information content (AvgIpc) is 3.47. The van der Waals surface area contributed by atoms with Gasteiger partial charge in [0, 0.05) is 24.6 Å². The molecule has 1 saturated heterocycles. The van der Waals surface area contributed by atoms with Gasteiger partial charge >= 0.3 is 0 Å². The number of nitrogens with zero attached hydrogens (tertiary/aromatic N) is 3. The Kier molecular flexibility index (Phi) is 6.82. The molecule has 2 atom stereocenters. The molecule has 1 fully saturated rings. The maximum Gasteiger partial charge on any atom is 0.263 e. The van der Waals surface area contributed by atoms with Gasteiger partial charge in [-0.25, -0.2) is 4.98 Å². The highest BCUT2D eigenvalue weighted by Crippen LogP contribution is 2.32. The standard InChI is InChI=1S/C26H31N3O3S2/c1-4-21-16(2)33-23-22(21)25(31)29(15-20-10-7-13-32-20)26(27-23)34-17(3)24(30)28-12-11-18-8-5-6-9-19(18)14-28/h5-6,8-9,17,20H,4,7,10-15H2,1-3H3. The van der Waals surface area contributed by atoms with Crippen molar-refractivity contribution >= 4 is 39.2 Å². The van der Waals surface area contributed by atoms with E-state index in [9.17, 15) is 9.59 Å². The molecule has 1 amide bonds. The van der Waals surface area contributed by atoms with Crippen LogP contribution in [-0.2, 0) is 35.5 Å². The SMILES string of the molecule is CCc1c(C)sc2nc(SC(C)C(=O)N3CCc4ccccc4C3)n(CC3CCCO3)c(=O)c12. The van der Waals surface area contributed by atoms with Gasteiger partial charge in [-0.1, -0.05) is 43.0 Å². The van der Waals surface area contributed by atoms with E-state index >= 15 is 0 Å². The van der Waals surface area contributed by atoms with Crippen LogP contribution >= 0.6 is 23.1 Å². The molecular weight excluding hydrogens is 466 g/mol. The van der Waals surface area contributed by atoms with Crippen LogP contribution < -0.4 is 5.56 Å². The summed E-state index contributed by atoms with van der Waals surface area (Å²) in [6.07, 6.45) is 3.66. The monoisotopic (exact) mass is 497 g/mol. The molecule has 1 aromatic carbocycles. The highest BCUT2D eigenvalue weighted by Gasteiger charge is 2.28. The summed E-state index contributed by atoms with van der Waals surface area (Å²) < 4.78 is 7.62. The summed E-state index contributed by atoms with van der Waals surface area (Å²) >= 11 is 2.97. The number of fused-ring (bicyclic) bond motifs is 2. The van der Waals surface area contributed by atoms with Crippen molar-refractivity contribution in [1.82, 2.24) is 14.5 Å². The van der Waals surface area contributed by atoms with E-state index in [-0.39, 0.29) is 22.8 Å². The van der Waals surface area contributed by atoms with Crippen molar-refractivity contribution in [3.05, 3.63) is 56.2 Å². The minimum atomic E-state index is -0.336. The number of aromatic nitrogens is 2.